The molecule has 0 saturated carbocycles. The van der Waals surface area contributed by atoms with E-state index in [9.17, 15) is 0 Å². The molecule has 5 heteroatoms. The second-order valence-corrected chi connectivity index (χ2v) is 4.41. The summed E-state index contributed by atoms with van der Waals surface area (Å²) >= 11 is 3.48. The topological polar surface area (TPSA) is 39.9 Å². The number of methoxy groups -OCH3 is 1. The summed E-state index contributed by atoms with van der Waals surface area (Å²) < 4.78 is 8.02. The molecule has 0 bridgehead atoms. The lowest BCUT2D eigenvalue weighted by molar-refractivity contribution is 0.413. The van der Waals surface area contributed by atoms with Gasteiger partial charge in [-0.05, 0) is 34.5 Å². The highest BCUT2D eigenvalue weighted by molar-refractivity contribution is 9.10. The van der Waals surface area contributed by atoms with Crippen LogP contribution in [0.3, 0.4) is 0 Å². The Balaban J connectivity index is 2.45. The summed E-state index contributed by atoms with van der Waals surface area (Å²) in [6.07, 6.45) is 2.26. The predicted molar refractivity (Wildman–Crippen MR) is 66.7 cm³/mol. The molecule has 0 atom stereocenters. The molecule has 0 saturated heterocycles. The maximum atomic E-state index is 5.22. The first-order valence-corrected chi connectivity index (χ1v) is 6.13. The molecule has 0 unspecified atom stereocenters. The molecule has 0 amide bonds. The number of ether oxygens (including phenoxy) is 1. The number of aromatic nitrogens is 3. The Morgan fingerprint density at radius 1 is 1.44 bits per heavy atom. The highest BCUT2D eigenvalue weighted by Crippen LogP contribution is 2.31. The Labute approximate surface area is 103 Å². The van der Waals surface area contributed by atoms with Gasteiger partial charge in [-0.3, -0.25) is 0 Å². The lowest BCUT2D eigenvalue weighted by atomic mass is 10.3. The first kappa shape index (κ1) is 11.4. The van der Waals surface area contributed by atoms with Crippen LogP contribution in [0.1, 0.15) is 19.8 Å². The molecule has 0 aliphatic heterocycles. The van der Waals surface area contributed by atoms with E-state index in [0.29, 0.717) is 0 Å². The molecule has 2 rings (SSSR count). The van der Waals surface area contributed by atoms with E-state index in [-0.39, 0.29) is 0 Å². The summed E-state index contributed by atoms with van der Waals surface area (Å²) in [5.74, 6) is 0.787. The van der Waals surface area contributed by atoms with Crippen LogP contribution in [0.4, 0.5) is 0 Å². The predicted octanol–water partition coefficient (Wildman–Crippen LogP) is 3.00. The average Bonchev–Trinajstić information content (AvgIpc) is 2.71. The van der Waals surface area contributed by atoms with E-state index in [4.69, 9.17) is 4.74 Å². The Hall–Kier alpha value is -1.10. The second kappa shape index (κ2) is 4.82. The van der Waals surface area contributed by atoms with E-state index in [0.717, 1.165) is 40.6 Å². The Morgan fingerprint density at radius 3 is 2.94 bits per heavy atom. The number of fused-ring (bicyclic) bond motifs is 1. The molecule has 0 aliphatic carbocycles. The van der Waals surface area contributed by atoms with Gasteiger partial charge in [-0.15, -0.1) is 5.10 Å². The summed E-state index contributed by atoms with van der Waals surface area (Å²) in [5, 5.41) is 8.32. The van der Waals surface area contributed by atoms with E-state index in [1.807, 2.05) is 16.8 Å². The molecule has 1 aromatic carbocycles. The van der Waals surface area contributed by atoms with E-state index < -0.39 is 0 Å². The van der Waals surface area contributed by atoms with Gasteiger partial charge in [-0.25, -0.2) is 4.68 Å². The minimum absolute atomic E-state index is 0.787. The van der Waals surface area contributed by atoms with Crippen molar-refractivity contribution < 1.29 is 4.74 Å². The Bertz CT molecular complexity index is 495. The summed E-state index contributed by atoms with van der Waals surface area (Å²) in [4.78, 5) is 0. The van der Waals surface area contributed by atoms with E-state index in [1.54, 1.807) is 7.11 Å². The van der Waals surface area contributed by atoms with Crippen LogP contribution in [0.2, 0.25) is 0 Å². The summed E-state index contributed by atoms with van der Waals surface area (Å²) in [6.45, 7) is 3.07. The zero-order chi connectivity index (χ0) is 11.5. The second-order valence-electron chi connectivity index (χ2n) is 3.62. The molecule has 0 N–H and O–H groups in total. The maximum absolute atomic E-state index is 5.22. The standard InChI is InChI=1S/C11H14BrN3O/c1-3-4-7-15-8-5-6-9(16-2)10(12)11(8)13-14-15/h5-6H,3-4,7H2,1-2H3. The molecule has 4 nitrogen and oxygen atoms in total. The SMILES string of the molecule is CCCCn1nnc2c(Br)c(OC)ccc21. The van der Waals surface area contributed by atoms with Crippen molar-refractivity contribution in [2.24, 2.45) is 0 Å². The molecule has 0 spiro atoms. The van der Waals surface area contributed by atoms with Crippen LogP contribution in [-0.2, 0) is 6.54 Å². The van der Waals surface area contributed by atoms with Crippen molar-refractivity contribution in [3.63, 3.8) is 0 Å². The van der Waals surface area contributed by atoms with Gasteiger partial charge in [0.05, 0.1) is 17.1 Å². The number of rotatable bonds is 4. The molecular formula is C11H14BrN3O. The summed E-state index contributed by atoms with van der Waals surface area (Å²) in [7, 11) is 1.65. The zero-order valence-corrected chi connectivity index (χ0v) is 11.0. The van der Waals surface area contributed by atoms with Crippen LogP contribution >= 0.6 is 15.9 Å². The van der Waals surface area contributed by atoms with Gasteiger partial charge >= 0.3 is 0 Å². The Kier molecular flexibility index (Phi) is 3.43. The number of aryl methyl sites for hydroxylation is 1. The van der Waals surface area contributed by atoms with Crippen LogP contribution < -0.4 is 4.74 Å². The van der Waals surface area contributed by atoms with E-state index >= 15 is 0 Å². The molecule has 0 radical (unpaired) electrons. The van der Waals surface area contributed by atoms with E-state index in [1.165, 1.54) is 0 Å². The number of unbranched alkanes of at least 4 members (excludes halogenated alkanes) is 1. The van der Waals surface area contributed by atoms with Crippen molar-refractivity contribution in [1.29, 1.82) is 0 Å². The minimum Gasteiger partial charge on any atom is -0.495 e. The number of nitrogens with zero attached hydrogens (tertiary/aromatic N) is 3. The summed E-state index contributed by atoms with van der Waals surface area (Å²) in [5.41, 5.74) is 1.90. The summed E-state index contributed by atoms with van der Waals surface area (Å²) in [6, 6.07) is 3.92. The van der Waals surface area contributed by atoms with Gasteiger partial charge in [0, 0.05) is 6.54 Å². The molecule has 86 valence electrons. The maximum Gasteiger partial charge on any atom is 0.135 e. The average molecular weight is 284 g/mol. The monoisotopic (exact) mass is 283 g/mol. The van der Waals surface area contributed by atoms with Crippen LogP contribution in [-0.4, -0.2) is 22.1 Å². The van der Waals surface area contributed by atoms with Crippen molar-refractivity contribution in [3.05, 3.63) is 16.6 Å². The van der Waals surface area contributed by atoms with Crippen LogP contribution in [0, 0.1) is 0 Å². The van der Waals surface area contributed by atoms with E-state index in [2.05, 4.69) is 33.2 Å². The number of benzene rings is 1. The first-order valence-electron chi connectivity index (χ1n) is 5.33. The zero-order valence-electron chi connectivity index (χ0n) is 9.40. The van der Waals surface area contributed by atoms with Gasteiger partial charge < -0.3 is 4.74 Å². The minimum atomic E-state index is 0.787. The molecule has 0 aliphatic rings. The molecule has 1 aromatic heterocycles. The van der Waals surface area contributed by atoms with Crippen LogP contribution in [0.15, 0.2) is 16.6 Å². The van der Waals surface area contributed by atoms with Gasteiger partial charge in [-0.1, -0.05) is 18.6 Å². The fourth-order valence-corrected chi connectivity index (χ4v) is 2.19. The number of hydrogen-bond acceptors (Lipinski definition) is 3. The number of halogens is 1. The largest absolute Gasteiger partial charge is 0.495 e. The normalized spacial score (nSPS) is 10.9. The fraction of sp³-hybridized carbons (Fsp3) is 0.455. The molecule has 2 aromatic rings. The van der Waals surface area contributed by atoms with Gasteiger partial charge in [0.2, 0.25) is 0 Å². The van der Waals surface area contributed by atoms with Crippen LogP contribution in [0.25, 0.3) is 11.0 Å². The number of hydrogen-bond donors (Lipinski definition) is 0. The third-order valence-corrected chi connectivity index (χ3v) is 3.30. The Morgan fingerprint density at radius 2 is 2.25 bits per heavy atom. The highest BCUT2D eigenvalue weighted by atomic mass is 79.9. The lowest BCUT2D eigenvalue weighted by Gasteiger charge is -2.04. The quantitative estimate of drug-likeness (QED) is 0.866. The third kappa shape index (κ3) is 1.91. The van der Waals surface area contributed by atoms with Gasteiger partial charge in [-0.2, -0.15) is 0 Å². The molecule has 1 heterocycles. The van der Waals surface area contributed by atoms with Crippen molar-refractivity contribution in [1.82, 2.24) is 15.0 Å². The van der Waals surface area contributed by atoms with Gasteiger partial charge in [0.25, 0.3) is 0 Å². The first-order chi connectivity index (χ1) is 7.77. The van der Waals surface area contributed by atoms with Gasteiger partial charge in [0.1, 0.15) is 11.3 Å². The van der Waals surface area contributed by atoms with Crippen LogP contribution in [0.5, 0.6) is 5.75 Å². The smallest absolute Gasteiger partial charge is 0.135 e. The van der Waals surface area contributed by atoms with Crippen molar-refractivity contribution in [3.8, 4) is 5.75 Å². The highest BCUT2D eigenvalue weighted by Gasteiger charge is 2.11. The van der Waals surface area contributed by atoms with Crippen molar-refractivity contribution in [2.45, 2.75) is 26.3 Å². The molecule has 0 fully saturated rings. The van der Waals surface area contributed by atoms with Crippen molar-refractivity contribution >= 4 is 27.0 Å². The lowest BCUT2D eigenvalue weighted by Crippen LogP contribution is -1.99. The molecule has 16 heavy (non-hydrogen) atoms. The fourth-order valence-electron chi connectivity index (χ4n) is 1.62. The molecular weight excluding hydrogens is 270 g/mol. The van der Waals surface area contributed by atoms with Gasteiger partial charge in [0.15, 0.2) is 0 Å². The third-order valence-electron chi connectivity index (χ3n) is 2.53. The van der Waals surface area contributed by atoms with Crippen molar-refractivity contribution in [2.75, 3.05) is 7.11 Å².